The topological polar surface area (TPSA) is 89.4 Å². The van der Waals surface area contributed by atoms with E-state index in [1.807, 2.05) is 0 Å². The first-order chi connectivity index (χ1) is 7.22. The number of aromatic nitrogens is 1. The highest BCUT2D eigenvalue weighted by molar-refractivity contribution is 5.82. The number of fused-ring (bicyclic) bond motifs is 1. The molecule has 0 aliphatic rings. The summed E-state index contributed by atoms with van der Waals surface area (Å²) < 4.78 is 4.77. The summed E-state index contributed by atoms with van der Waals surface area (Å²) in [6.45, 7) is 0.0681. The normalized spacial score (nSPS) is 12.9. The molecule has 1 heterocycles. The molecule has 0 aliphatic carbocycles. The predicted octanol–water partition coefficient (Wildman–Crippen LogP) is 0.955. The maximum atomic E-state index is 10.9. The second-order valence-electron chi connectivity index (χ2n) is 3.26. The van der Waals surface area contributed by atoms with Gasteiger partial charge in [0.2, 0.25) is 0 Å². The van der Waals surface area contributed by atoms with Gasteiger partial charge in [-0.1, -0.05) is 11.2 Å². The first-order valence-corrected chi connectivity index (χ1v) is 4.49. The minimum absolute atomic E-state index is 0.0681. The third-order valence-electron chi connectivity index (χ3n) is 2.32. The number of rotatable bonds is 3. The fourth-order valence-corrected chi connectivity index (χ4v) is 1.48. The van der Waals surface area contributed by atoms with Crippen LogP contribution in [0.15, 0.2) is 29.0 Å². The van der Waals surface area contributed by atoms with E-state index in [1.165, 1.54) is 6.26 Å². The Morgan fingerprint density at radius 3 is 3.07 bits per heavy atom. The summed E-state index contributed by atoms with van der Waals surface area (Å²) in [6.07, 6.45) is 1.51. The minimum atomic E-state index is -0.930. The Labute approximate surface area is 85.5 Å². The van der Waals surface area contributed by atoms with Crippen molar-refractivity contribution in [1.29, 1.82) is 0 Å². The lowest BCUT2D eigenvalue weighted by Crippen LogP contribution is -2.20. The van der Waals surface area contributed by atoms with Crippen molar-refractivity contribution in [2.45, 2.75) is 5.92 Å². The molecule has 5 heteroatoms. The van der Waals surface area contributed by atoms with Gasteiger partial charge in [0.25, 0.3) is 0 Å². The highest BCUT2D eigenvalue weighted by atomic mass is 16.5. The molecule has 0 spiro atoms. The van der Waals surface area contributed by atoms with Gasteiger partial charge in [-0.2, -0.15) is 0 Å². The quantitative estimate of drug-likeness (QED) is 0.780. The van der Waals surface area contributed by atoms with Gasteiger partial charge < -0.3 is 15.4 Å². The van der Waals surface area contributed by atoms with E-state index >= 15 is 0 Å². The number of hydrogen-bond donors (Lipinski definition) is 2. The SMILES string of the molecule is NCC(C(=O)O)c1ccc2conc2c1. The van der Waals surface area contributed by atoms with Gasteiger partial charge in [-0.3, -0.25) is 4.79 Å². The van der Waals surface area contributed by atoms with Crippen molar-refractivity contribution in [1.82, 2.24) is 5.16 Å². The van der Waals surface area contributed by atoms with Crippen molar-refractivity contribution in [3.63, 3.8) is 0 Å². The van der Waals surface area contributed by atoms with Crippen LogP contribution in [0.1, 0.15) is 11.5 Å². The Kier molecular flexibility index (Phi) is 2.39. The first kappa shape index (κ1) is 9.67. The molecule has 15 heavy (non-hydrogen) atoms. The van der Waals surface area contributed by atoms with Crippen LogP contribution in [-0.4, -0.2) is 22.8 Å². The fourth-order valence-electron chi connectivity index (χ4n) is 1.48. The molecule has 0 amide bonds. The van der Waals surface area contributed by atoms with E-state index in [2.05, 4.69) is 5.16 Å². The number of carboxylic acid groups (broad SMARTS) is 1. The number of benzene rings is 1. The molecule has 0 saturated heterocycles. The second kappa shape index (κ2) is 3.70. The molecule has 78 valence electrons. The Balaban J connectivity index is 2.46. The maximum absolute atomic E-state index is 10.9. The first-order valence-electron chi connectivity index (χ1n) is 4.49. The average molecular weight is 206 g/mol. The maximum Gasteiger partial charge on any atom is 0.312 e. The van der Waals surface area contributed by atoms with E-state index in [4.69, 9.17) is 15.4 Å². The lowest BCUT2D eigenvalue weighted by molar-refractivity contribution is -0.138. The van der Waals surface area contributed by atoms with E-state index in [0.717, 1.165) is 5.39 Å². The molecular formula is C10H10N2O3. The van der Waals surface area contributed by atoms with Gasteiger partial charge >= 0.3 is 5.97 Å². The molecule has 1 unspecified atom stereocenters. The second-order valence-corrected chi connectivity index (χ2v) is 3.26. The minimum Gasteiger partial charge on any atom is -0.481 e. The van der Waals surface area contributed by atoms with Crippen LogP contribution in [-0.2, 0) is 4.79 Å². The fraction of sp³-hybridized carbons (Fsp3) is 0.200. The Morgan fingerprint density at radius 2 is 2.40 bits per heavy atom. The molecule has 1 atom stereocenters. The summed E-state index contributed by atoms with van der Waals surface area (Å²) in [7, 11) is 0. The van der Waals surface area contributed by atoms with E-state index < -0.39 is 11.9 Å². The largest absolute Gasteiger partial charge is 0.481 e. The van der Waals surface area contributed by atoms with Crippen LogP contribution in [0.3, 0.4) is 0 Å². The van der Waals surface area contributed by atoms with Gasteiger partial charge in [-0.15, -0.1) is 0 Å². The Bertz CT molecular complexity index is 492. The summed E-state index contributed by atoms with van der Waals surface area (Å²) in [5, 5.41) is 13.5. The van der Waals surface area contributed by atoms with Gasteiger partial charge in [0.1, 0.15) is 11.8 Å². The van der Waals surface area contributed by atoms with E-state index in [1.54, 1.807) is 18.2 Å². The number of carbonyl (C=O) groups is 1. The number of aliphatic carboxylic acids is 1. The van der Waals surface area contributed by atoms with Crippen LogP contribution in [0.5, 0.6) is 0 Å². The molecule has 2 aromatic rings. The molecule has 3 N–H and O–H groups in total. The van der Waals surface area contributed by atoms with Crippen molar-refractivity contribution >= 4 is 16.9 Å². The molecule has 0 fully saturated rings. The predicted molar refractivity (Wildman–Crippen MR) is 53.4 cm³/mol. The Morgan fingerprint density at radius 1 is 1.60 bits per heavy atom. The van der Waals surface area contributed by atoms with Crippen LogP contribution < -0.4 is 5.73 Å². The number of carboxylic acids is 1. The van der Waals surface area contributed by atoms with Crippen LogP contribution >= 0.6 is 0 Å². The highest BCUT2D eigenvalue weighted by Gasteiger charge is 2.18. The van der Waals surface area contributed by atoms with Gasteiger partial charge in [0, 0.05) is 11.9 Å². The van der Waals surface area contributed by atoms with E-state index in [0.29, 0.717) is 11.1 Å². The summed E-state index contributed by atoms with van der Waals surface area (Å²) in [5.41, 5.74) is 6.69. The van der Waals surface area contributed by atoms with Crippen LogP contribution in [0.25, 0.3) is 10.9 Å². The Hall–Kier alpha value is -1.88. The van der Waals surface area contributed by atoms with Crippen LogP contribution in [0, 0.1) is 0 Å². The van der Waals surface area contributed by atoms with Crippen LogP contribution in [0.2, 0.25) is 0 Å². The summed E-state index contributed by atoms with van der Waals surface area (Å²) >= 11 is 0. The molecular weight excluding hydrogens is 196 g/mol. The zero-order valence-corrected chi connectivity index (χ0v) is 7.88. The van der Waals surface area contributed by atoms with Crippen molar-refractivity contribution in [2.75, 3.05) is 6.54 Å². The van der Waals surface area contributed by atoms with Gasteiger partial charge in [-0.25, -0.2) is 0 Å². The van der Waals surface area contributed by atoms with Crippen molar-refractivity contribution in [2.24, 2.45) is 5.73 Å². The lowest BCUT2D eigenvalue weighted by Gasteiger charge is -2.08. The molecule has 1 aromatic heterocycles. The molecule has 0 saturated carbocycles. The molecule has 5 nitrogen and oxygen atoms in total. The molecule has 0 aliphatic heterocycles. The zero-order chi connectivity index (χ0) is 10.8. The monoisotopic (exact) mass is 206 g/mol. The van der Waals surface area contributed by atoms with Crippen molar-refractivity contribution in [3.8, 4) is 0 Å². The number of nitrogens with two attached hydrogens (primary N) is 1. The third kappa shape index (κ3) is 1.69. The third-order valence-corrected chi connectivity index (χ3v) is 2.32. The van der Waals surface area contributed by atoms with Crippen molar-refractivity contribution in [3.05, 3.63) is 30.0 Å². The summed E-state index contributed by atoms with van der Waals surface area (Å²) in [5.74, 6) is -1.62. The number of nitrogens with zero attached hydrogens (tertiary/aromatic N) is 1. The molecule has 0 radical (unpaired) electrons. The van der Waals surface area contributed by atoms with E-state index in [-0.39, 0.29) is 6.54 Å². The smallest absolute Gasteiger partial charge is 0.312 e. The summed E-state index contributed by atoms with van der Waals surface area (Å²) in [4.78, 5) is 10.9. The van der Waals surface area contributed by atoms with E-state index in [9.17, 15) is 4.79 Å². The molecule has 2 rings (SSSR count). The molecule has 0 bridgehead atoms. The van der Waals surface area contributed by atoms with Crippen molar-refractivity contribution < 1.29 is 14.4 Å². The lowest BCUT2D eigenvalue weighted by atomic mass is 9.98. The highest BCUT2D eigenvalue weighted by Crippen LogP contribution is 2.20. The number of hydrogen-bond acceptors (Lipinski definition) is 4. The van der Waals surface area contributed by atoms with Gasteiger partial charge in [0.15, 0.2) is 0 Å². The van der Waals surface area contributed by atoms with Crippen LogP contribution in [0.4, 0.5) is 0 Å². The van der Waals surface area contributed by atoms with Gasteiger partial charge in [-0.05, 0) is 17.7 Å². The average Bonchev–Trinajstić information content (AvgIpc) is 2.65. The molecule has 1 aromatic carbocycles. The standard InChI is InChI=1S/C10H10N2O3/c11-4-8(10(13)14)6-1-2-7-5-15-12-9(7)3-6/h1-3,5,8H,4,11H2,(H,13,14). The van der Waals surface area contributed by atoms with Gasteiger partial charge in [0.05, 0.1) is 5.92 Å². The zero-order valence-electron chi connectivity index (χ0n) is 7.88. The summed E-state index contributed by atoms with van der Waals surface area (Å²) in [6, 6.07) is 5.18.